The van der Waals surface area contributed by atoms with Crippen molar-refractivity contribution in [2.24, 2.45) is 5.92 Å². The first-order valence-corrected chi connectivity index (χ1v) is 8.14. The van der Waals surface area contributed by atoms with Gasteiger partial charge in [-0.25, -0.2) is 8.42 Å². The summed E-state index contributed by atoms with van der Waals surface area (Å²) >= 11 is 0. The molecular formula is C14H21NO2S. The van der Waals surface area contributed by atoms with Crippen molar-refractivity contribution >= 4 is 9.84 Å². The number of sulfone groups is 1. The Balaban J connectivity index is 1.93. The molecular weight excluding hydrogens is 246 g/mol. The van der Waals surface area contributed by atoms with Gasteiger partial charge in [0, 0.05) is 12.6 Å². The largest absolute Gasteiger partial charge is 0.302 e. The molecule has 1 saturated carbocycles. The molecule has 1 aromatic carbocycles. The predicted molar refractivity (Wildman–Crippen MR) is 73.3 cm³/mol. The molecule has 0 amide bonds. The fraction of sp³-hybridized carbons (Fsp3) is 0.571. The predicted octanol–water partition coefficient (Wildman–Crippen LogP) is 2.19. The molecule has 2 rings (SSSR count). The number of nitrogens with zero attached hydrogens (tertiary/aromatic N) is 1. The number of hydrogen-bond donors (Lipinski definition) is 0. The van der Waals surface area contributed by atoms with Crippen molar-refractivity contribution < 1.29 is 8.42 Å². The third-order valence-corrected chi connectivity index (χ3v) is 5.52. The topological polar surface area (TPSA) is 37.4 Å². The average molecular weight is 267 g/mol. The van der Waals surface area contributed by atoms with Crippen LogP contribution in [0.2, 0.25) is 0 Å². The Bertz CT molecular complexity index is 480. The van der Waals surface area contributed by atoms with E-state index in [0.717, 1.165) is 5.92 Å². The van der Waals surface area contributed by atoms with Crippen LogP contribution in [0, 0.1) is 5.92 Å². The van der Waals surface area contributed by atoms with E-state index in [0.29, 0.717) is 17.5 Å². The van der Waals surface area contributed by atoms with Crippen LogP contribution in [0.25, 0.3) is 0 Å². The van der Waals surface area contributed by atoms with Crippen LogP contribution in [-0.4, -0.2) is 38.7 Å². The lowest BCUT2D eigenvalue weighted by atomic mass is 10.2. The molecule has 1 unspecified atom stereocenters. The van der Waals surface area contributed by atoms with E-state index in [1.807, 2.05) is 13.1 Å². The molecule has 0 heterocycles. The third-order valence-electron chi connectivity index (χ3n) is 3.81. The van der Waals surface area contributed by atoms with Gasteiger partial charge < -0.3 is 4.90 Å². The Hall–Kier alpha value is -0.870. The lowest BCUT2D eigenvalue weighted by Gasteiger charge is -2.24. The van der Waals surface area contributed by atoms with Gasteiger partial charge in [-0.2, -0.15) is 0 Å². The van der Waals surface area contributed by atoms with E-state index in [2.05, 4.69) is 11.8 Å². The van der Waals surface area contributed by atoms with Crippen molar-refractivity contribution in [3.63, 3.8) is 0 Å². The van der Waals surface area contributed by atoms with Gasteiger partial charge in [-0.15, -0.1) is 0 Å². The summed E-state index contributed by atoms with van der Waals surface area (Å²) in [6.45, 7) is 2.79. The summed E-state index contributed by atoms with van der Waals surface area (Å²) in [4.78, 5) is 2.59. The number of rotatable bonds is 6. The molecule has 1 aliphatic rings. The summed E-state index contributed by atoms with van der Waals surface area (Å²) in [5, 5.41) is 0. The molecule has 3 nitrogen and oxygen atoms in total. The van der Waals surface area contributed by atoms with Gasteiger partial charge in [-0.05, 0) is 44.9 Å². The quantitative estimate of drug-likeness (QED) is 0.793. The smallest absolute Gasteiger partial charge is 0.179 e. The maximum absolute atomic E-state index is 12.1. The molecule has 0 aliphatic heterocycles. The van der Waals surface area contributed by atoms with Crippen molar-refractivity contribution in [3.8, 4) is 0 Å². The summed E-state index contributed by atoms with van der Waals surface area (Å²) in [6, 6.07) is 9.20. The normalized spacial score (nSPS) is 17.9. The molecule has 0 aromatic heterocycles. The Morgan fingerprint density at radius 3 is 2.44 bits per heavy atom. The molecule has 1 fully saturated rings. The minimum absolute atomic E-state index is 0.199. The zero-order valence-electron chi connectivity index (χ0n) is 11.0. The first-order valence-electron chi connectivity index (χ1n) is 6.49. The van der Waals surface area contributed by atoms with Crippen molar-refractivity contribution in [2.45, 2.75) is 30.7 Å². The second kappa shape index (κ2) is 5.41. The second-order valence-electron chi connectivity index (χ2n) is 5.19. The Labute approximate surface area is 110 Å². The molecule has 4 heteroatoms. The van der Waals surface area contributed by atoms with Gasteiger partial charge in [0.1, 0.15) is 0 Å². The minimum Gasteiger partial charge on any atom is -0.302 e. The van der Waals surface area contributed by atoms with Gasteiger partial charge in [0.15, 0.2) is 9.84 Å². The van der Waals surface area contributed by atoms with Gasteiger partial charge in [0.2, 0.25) is 0 Å². The molecule has 0 N–H and O–H groups in total. The number of benzene rings is 1. The minimum atomic E-state index is -3.14. The Kier molecular flexibility index (Phi) is 4.07. The molecule has 0 bridgehead atoms. The van der Waals surface area contributed by atoms with Gasteiger partial charge >= 0.3 is 0 Å². The van der Waals surface area contributed by atoms with Crippen LogP contribution in [0.4, 0.5) is 0 Å². The van der Waals surface area contributed by atoms with Crippen LogP contribution in [0.3, 0.4) is 0 Å². The van der Waals surface area contributed by atoms with Crippen molar-refractivity contribution in [3.05, 3.63) is 30.3 Å². The van der Waals surface area contributed by atoms with Crippen LogP contribution < -0.4 is 0 Å². The summed E-state index contributed by atoms with van der Waals surface area (Å²) in [5.74, 6) is 0.972. The lowest BCUT2D eigenvalue weighted by Crippen LogP contribution is -2.34. The van der Waals surface area contributed by atoms with E-state index >= 15 is 0 Å². The molecule has 1 aliphatic carbocycles. The van der Waals surface area contributed by atoms with Gasteiger partial charge in [0.25, 0.3) is 0 Å². The maximum atomic E-state index is 12.1. The van der Waals surface area contributed by atoms with Crippen LogP contribution in [-0.2, 0) is 9.84 Å². The zero-order valence-corrected chi connectivity index (χ0v) is 11.9. The van der Waals surface area contributed by atoms with Gasteiger partial charge in [0.05, 0.1) is 10.6 Å². The van der Waals surface area contributed by atoms with Crippen LogP contribution in [0.5, 0.6) is 0 Å². The van der Waals surface area contributed by atoms with E-state index in [-0.39, 0.29) is 5.75 Å². The highest BCUT2D eigenvalue weighted by atomic mass is 32.2. The van der Waals surface area contributed by atoms with Gasteiger partial charge in [-0.3, -0.25) is 0 Å². The molecule has 0 radical (unpaired) electrons. The van der Waals surface area contributed by atoms with Crippen molar-refractivity contribution in [1.29, 1.82) is 0 Å². The van der Waals surface area contributed by atoms with E-state index in [1.54, 1.807) is 24.3 Å². The standard InChI is InChI=1S/C14H21NO2S/c1-12(13-8-9-13)15(2)10-11-18(16,17)14-6-4-3-5-7-14/h3-7,12-13H,8-11H2,1-2H3. The summed E-state index contributed by atoms with van der Waals surface area (Å²) in [6.07, 6.45) is 2.58. The monoisotopic (exact) mass is 267 g/mol. The maximum Gasteiger partial charge on any atom is 0.179 e. The van der Waals surface area contributed by atoms with Crippen LogP contribution >= 0.6 is 0 Å². The van der Waals surface area contributed by atoms with E-state index in [9.17, 15) is 8.42 Å². The highest BCUT2D eigenvalue weighted by molar-refractivity contribution is 7.91. The summed E-state index contributed by atoms with van der Waals surface area (Å²) in [5.41, 5.74) is 0. The molecule has 18 heavy (non-hydrogen) atoms. The Morgan fingerprint density at radius 1 is 1.28 bits per heavy atom. The molecule has 1 aromatic rings. The Morgan fingerprint density at radius 2 is 1.89 bits per heavy atom. The summed E-state index contributed by atoms with van der Waals surface area (Å²) < 4.78 is 24.2. The average Bonchev–Trinajstić information content (AvgIpc) is 3.20. The van der Waals surface area contributed by atoms with Gasteiger partial charge in [-0.1, -0.05) is 18.2 Å². The second-order valence-corrected chi connectivity index (χ2v) is 7.30. The van der Waals surface area contributed by atoms with Crippen LogP contribution in [0.15, 0.2) is 35.2 Å². The van der Waals surface area contributed by atoms with E-state index in [4.69, 9.17) is 0 Å². The first-order chi connectivity index (χ1) is 8.50. The first kappa shape index (κ1) is 13.6. The highest BCUT2D eigenvalue weighted by Crippen LogP contribution is 2.34. The number of hydrogen-bond acceptors (Lipinski definition) is 3. The molecule has 1 atom stereocenters. The summed E-state index contributed by atoms with van der Waals surface area (Å²) in [7, 11) is -1.12. The fourth-order valence-electron chi connectivity index (χ4n) is 2.15. The molecule has 0 spiro atoms. The zero-order chi connectivity index (χ0) is 13.2. The van der Waals surface area contributed by atoms with Crippen molar-refractivity contribution in [1.82, 2.24) is 4.90 Å². The van der Waals surface area contributed by atoms with Crippen molar-refractivity contribution in [2.75, 3.05) is 19.3 Å². The van der Waals surface area contributed by atoms with E-state index in [1.165, 1.54) is 12.8 Å². The lowest BCUT2D eigenvalue weighted by molar-refractivity contribution is 0.247. The third kappa shape index (κ3) is 3.33. The SMILES string of the molecule is CC(C1CC1)N(C)CCS(=O)(=O)c1ccccc1. The van der Waals surface area contributed by atoms with Crippen LogP contribution in [0.1, 0.15) is 19.8 Å². The fourth-order valence-corrected chi connectivity index (χ4v) is 3.49. The molecule has 100 valence electrons. The molecule has 0 saturated heterocycles. The van der Waals surface area contributed by atoms with E-state index < -0.39 is 9.84 Å². The highest BCUT2D eigenvalue weighted by Gasteiger charge is 2.30.